The van der Waals surface area contributed by atoms with E-state index in [0.29, 0.717) is 22.1 Å². The zero-order chi connectivity index (χ0) is 13.9. The number of sulfonamides is 1. The van der Waals surface area contributed by atoms with E-state index >= 15 is 0 Å². The Hall–Kier alpha value is -1.03. The molecule has 0 saturated carbocycles. The highest BCUT2D eigenvalue weighted by Crippen LogP contribution is 2.26. The number of terminal acetylenes is 1. The number of nitrogens with two attached hydrogens (primary N) is 1. The van der Waals surface area contributed by atoms with Gasteiger partial charge in [-0.05, 0) is 47.5 Å². The molecule has 98 valence electrons. The van der Waals surface area contributed by atoms with Gasteiger partial charge in [-0.15, -0.1) is 12.3 Å². The van der Waals surface area contributed by atoms with E-state index < -0.39 is 10.0 Å². The number of aryl methyl sites for hydroxylation is 1. The first-order chi connectivity index (χ1) is 8.27. The van der Waals surface area contributed by atoms with Gasteiger partial charge in [0.2, 0.25) is 10.0 Å². The van der Waals surface area contributed by atoms with E-state index in [2.05, 4.69) is 26.6 Å². The number of anilines is 1. The molecule has 0 radical (unpaired) electrons. The third-order valence-corrected chi connectivity index (χ3v) is 4.78. The third kappa shape index (κ3) is 3.48. The van der Waals surface area contributed by atoms with Gasteiger partial charge in [0.05, 0.1) is 4.90 Å². The molecule has 0 aliphatic rings. The molecule has 4 nitrogen and oxygen atoms in total. The van der Waals surface area contributed by atoms with E-state index in [-0.39, 0.29) is 10.9 Å². The fraction of sp³-hybridized carbons (Fsp3) is 0.333. The second kappa shape index (κ2) is 5.74. The molecule has 1 unspecified atom stereocenters. The molecule has 1 rings (SSSR count). The number of rotatable bonds is 4. The molecule has 1 aromatic rings. The molecule has 18 heavy (non-hydrogen) atoms. The summed E-state index contributed by atoms with van der Waals surface area (Å²) in [6.07, 6.45) is 5.49. The number of benzene rings is 1. The highest BCUT2D eigenvalue weighted by molar-refractivity contribution is 9.10. The van der Waals surface area contributed by atoms with Gasteiger partial charge in [0.25, 0.3) is 0 Å². The SMILES string of the molecule is C#CCC(C)NS(=O)(=O)c1cc(N)c(Br)cc1C. The lowest BCUT2D eigenvalue weighted by molar-refractivity contribution is 0.563. The summed E-state index contributed by atoms with van der Waals surface area (Å²) in [4.78, 5) is 0.173. The Balaban J connectivity index is 3.14. The topological polar surface area (TPSA) is 72.2 Å². The molecular weight excluding hydrogens is 316 g/mol. The van der Waals surface area contributed by atoms with Crippen LogP contribution < -0.4 is 10.5 Å². The lowest BCUT2D eigenvalue weighted by Gasteiger charge is -2.14. The maximum absolute atomic E-state index is 12.2. The van der Waals surface area contributed by atoms with Gasteiger partial charge >= 0.3 is 0 Å². The second-order valence-corrected chi connectivity index (χ2v) is 6.61. The highest BCUT2D eigenvalue weighted by atomic mass is 79.9. The van der Waals surface area contributed by atoms with Crippen LogP contribution in [-0.2, 0) is 10.0 Å². The molecule has 0 amide bonds. The van der Waals surface area contributed by atoms with Crippen LogP contribution in [0.2, 0.25) is 0 Å². The number of nitrogen functional groups attached to an aromatic ring is 1. The number of hydrogen-bond acceptors (Lipinski definition) is 3. The van der Waals surface area contributed by atoms with E-state index in [0.717, 1.165) is 0 Å². The van der Waals surface area contributed by atoms with Gasteiger partial charge in [-0.3, -0.25) is 0 Å². The fourth-order valence-corrected chi connectivity index (χ4v) is 3.47. The van der Waals surface area contributed by atoms with Crippen LogP contribution in [0.15, 0.2) is 21.5 Å². The Morgan fingerprint density at radius 1 is 1.56 bits per heavy atom. The van der Waals surface area contributed by atoms with Gasteiger partial charge in [0.15, 0.2) is 0 Å². The molecule has 1 atom stereocenters. The summed E-state index contributed by atoms with van der Waals surface area (Å²) in [6, 6.07) is 2.80. The molecule has 1 aromatic carbocycles. The standard InChI is InChI=1S/C12H15BrN2O2S/c1-4-5-9(3)15-18(16,17)12-7-11(14)10(13)6-8(12)2/h1,6-7,9,15H,5,14H2,2-3H3. The van der Waals surface area contributed by atoms with Gasteiger partial charge in [0.1, 0.15) is 0 Å². The molecule has 0 bridgehead atoms. The Kier molecular flexibility index (Phi) is 4.79. The van der Waals surface area contributed by atoms with E-state index in [1.807, 2.05) is 0 Å². The summed E-state index contributed by atoms with van der Waals surface area (Å²) in [5.74, 6) is 2.42. The first-order valence-corrected chi connectivity index (χ1v) is 7.57. The summed E-state index contributed by atoms with van der Waals surface area (Å²) in [5.41, 5.74) is 6.71. The summed E-state index contributed by atoms with van der Waals surface area (Å²) in [6.45, 7) is 3.43. The Morgan fingerprint density at radius 3 is 2.72 bits per heavy atom. The van der Waals surface area contributed by atoms with Crippen molar-refractivity contribution in [3.05, 3.63) is 22.2 Å². The fourth-order valence-electron chi connectivity index (χ4n) is 1.50. The first-order valence-electron chi connectivity index (χ1n) is 5.29. The van der Waals surface area contributed by atoms with Crippen molar-refractivity contribution in [2.24, 2.45) is 0 Å². The summed E-state index contributed by atoms with van der Waals surface area (Å²) in [5, 5.41) is 0. The van der Waals surface area contributed by atoms with Crippen LogP contribution in [0.4, 0.5) is 5.69 Å². The summed E-state index contributed by atoms with van der Waals surface area (Å²) in [7, 11) is -3.60. The molecule has 0 aliphatic carbocycles. The van der Waals surface area contributed by atoms with E-state index in [1.165, 1.54) is 6.07 Å². The lowest BCUT2D eigenvalue weighted by Crippen LogP contribution is -2.32. The number of hydrogen-bond donors (Lipinski definition) is 2. The predicted molar refractivity (Wildman–Crippen MR) is 76.5 cm³/mol. The van der Waals surface area contributed by atoms with Crippen molar-refractivity contribution in [2.45, 2.75) is 31.2 Å². The van der Waals surface area contributed by atoms with Crippen molar-refractivity contribution in [3.8, 4) is 12.3 Å². The number of nitrogens with one attached hydrogen (secondary N) is 1. The van der Waals surface area contributed by atoms with Crippen LogP contribution >= 0.6 is 15.9 Å². The largest absolute Gasteiger partial charge is 0.398 e. The van der Waals surface area contributed by atoms with Crippen LogP contribution in [-0.4, -0.2) is 14.5 Å². The van der Waals surface area contributed by atoms with Crippen molar-refractivity contribution < 1.29 is 8.42 Å². The molecule has 0 aromatic heterocycles. The monoisotopic (exact) mass is 330 g/mol. The smallest absolute Gasteiger partial charge is 0.241 e. The Bertz CT molecular complexity index is 591. The zero-order valence-electron chi connectivity index (χ0n) is 10.2. The maximum Gasteiger partial charge on any atom is 0.241 e. The predicted octanol–water partition coefficient (Wildman–Crippen LogP) is 2.03. The van der Waals surface area contributed by atoms with E-state index in [9.17, 15) is 8.42 Å². The Labute approximate surface area is 116 Å². The molecule has 0 spiro atoms. The van der Waals surface area contributed by atoms with Gasteiger partial charge in [0, 0.05) is 22.6 Å². The molecular formula is C12H15BrN2O2S. The minimum Gasteiger partial charge on any atom is -0.398 e. The molecule has 0 aliphatic heterocycles. The van der Waals surface area contributed by atoms with Gasteiger partial charge in [-0.2, -0.15) is 0 Å². The average Bonchev–Trinajstić information content (AvgIpc) is 2.22. The molecule has 0 heterocycles. The maximum atomic E-state index is 12.2. The molecule has 0 saturated heterocycles. The van der Waals surface area contributed by atoms with Crippen molar-refractivity contribution in [1.29, 1.82) is 0 Å². The quantitative estimate of drug-likeness (QED) is 0.655. The second-order valence-electron chi connectivity index (χ2n) is 4.07. The molecule has 6 heteroatoms. The zero-order valence-corrected chi connectivity index (χ0v) is 12.6. The summed E-state index contributed by atoms with van der Waals surface area (Å²) < 4.78 is 27.5. The van der Waals surface area contributed by atoms with Crippen LogP contribution in [0.25, 0.3) is 0 Å². The molecule has 0 fully saturated rings. The van der Waals surface area contributed by atoms with Crippen molar-refractivity contribution in [2.75, 3.05) is 5.73 Å². The number of halogens is 1. The average molecular weight is 331 g/mol. The first kappa shape index (κ1) is 15.0. The van der Waals surface area contributed by atoms with Crippen molar-refractivity contribution >= 4 is 31.6 Å². The minimum absolute atomic E-state index is 0.173. The molecule has 3 N–H and O–H groups in total. The lowest BCUT2D eigenvalue weighted by atomic mass is 10.2. The van der Waals surface area contributed by atoms with Gasteiger partial charge in [-0.1, -0.05) is 0 Å². The van der Waals surface area contributed by atoms with Gasteiger partial charge < -0.3 is 5.73 Å². The minimum atomic E-state index is -3.60. The van der Waals surface area contributed by atoms with Crippen LogP contribution in [0.3, 0.4) is 0 Å². The van der Waals surface area contributed by atoms with Crippen LogP contribution in [0, 0.1) is 19.3 Å². The van der Waals surface area contributed by atoms with E-state index in [1.54, 1.807) is 19.9 Å². The van der Waals surface area contributed by atoms with Crippen LogP contribution in [0.1, 0.15) is 18.9 Å². The third-order valence-electron chi connectivity index (χ3n) is 2.36. The van der Waals surface area contributed by atoms with Crippen molar-refractivity contribution in [1.82, 2.24) is 4.72 Å². The Morgan fingerprint density at radius 2 is 2.17 bits per heavy atom. The van der Waals surface area contributed by atoms with E-state index in [4.69, 9.17) is 12.2 Å². The van der Waals surface area contributed by atoms with Gasteiger partial charge in [-0.25, -0.2) is 13.1 Å². The summed E-state index contributed by atoms with van der Waals surface area (Å²) >= 11 is 3.26. The van der Waals surface area contributed by atoms with Crippen LogP contribution in [0.5, 0.6) is 0 Å². The van der Waals surface area contributed by atoms with Crippen molar-refractivity contribution in [3.63, 3.8) is 0 Å². The highest BCUT2D eigenvalue weighted by Gasteiger charge is 2.20. The normalized spacial score (nSPS) is 13.0.